The third-order valence-corrected chi connectivity index (χ3v) is 11.5. The fourth-order valence-corrected chi connectivity index (χ4v) is 8.62. The number of aliphatic hydroxyl groups excluding tert-OH is 1. The summed E-state index contributed by atoms with van der Waals surface area (Å²) in [7, 11) is 0. The molecule has 6 N–H and O–H groups in total. The van der Waals surface area contributed by atoms with Crippen LogP contribution in [0.15, 0.2) is 42.7 Å². The number of rotatable bonds is 8. The number of benzene rings is 1. The van der Waals surface area contributed by atoms with Crippen LogP contribution in [0.5, 0.6) is 5.75 Å². The molecule has 1 saturated carbocycles. The molecular formula is C38H49N9O6. The molecule has 0 spiro atoms. The molecule has 3 aromatic rings. The quantitative estimate of drug-likeness (QED) is 0.226. The zero-order valence-corrected chi connectivity index (χ0v) is 30.4. The lowest BCUT2D eigenvalue weighted by atomic mass is 9.78. The summed E-state index contributed by atoms with van der Waals surface area (Å²) in [5, 5.41) is 41.5. The molecule has 5 heterocycles. The average Bonchev–Trinajstić information content (AvgIpc) is 3.66. The Balaban J connectivity index is 0.957. The number of carboxylic acid groups (broad SMARTS) is 1. The Morgan fingerprint density at radius 2 is 1.60 bits per heavy atom. The van der Waals surface area contributed by atoms with Gasteiger partial charge in [0.25, 0.3) is 0 Å². The van der Waals surface area contributed by atoms with Crippen molar-refractivity contribution in [3.05, 3.63) is 48.3 Å². The Morgan fingerprint density at radius 1 is 0.943 bits per heavy atom. The summed E-state index contributed by atoms with van der Waals surface area (Å²) < 4.78 is 0. The number of carbonyl (C=O) groups is 3. The summed E-state index contributed by atoms with van der Waals surface area (Å²) in [6.45, 7) is 6.91. The molecule has 2 aromatic heterocycles. The Kier molecular flexibility index (Phi) is 9.87. The van der Waals surface area contributed by atoms with E-state index in [9.17, 15) is 29.7 Å². The summed E-state index contributed by atoms with van der Waals surface area (Å²) in [6, 6.07) is 7.31. The van der Waals surface area contributed by atoms with E-state index in [1.54, 1.807) is 18.2 Å². The minimum atomic E-state index is -1.16. The highest BCUT2D eigenvalue weighted by atomic mass is 16.4. The van der Waals surface area contributed by atoms with E-state index in [1.165, 1.54) is 4.90 Å². The van der Waals surface area contributed by atoms with Crippen molar-refractivity contribution in [2.75, 3.05) is 35.2 Å². The lowest BCUT2D eigenvalue weighted by Crippen LogP contribution is -2.57. The van der Waals surface area contributed by atoms with E-state index in [1.807, 2.05) is 45.3 Å². The van der Waals surface area contributed by atoms with Crippen LogP contribution in [-0.4, -0.2) is 108 Å². The van der Waals surface area contributed by atoms with E-state index in [4.69, 9.17) is 15.7 Å². The number of amides is 2. The fourth-order valence-electron chi connectivity index (χ4n) is 8.62. The van der Waals surface area contributed by atoms with Crippen molar-refractivity contribution in [2.45, 2.75) is 102 Å². The first-order chi connectivity index (χ1) is 25.3. The van der Waals surface area contributed by atoms with E-state index in [0.717, 1.165) is 50.0 Å². The molecule has 7 rings (SSSR count). The van der Waals surface area contributed by atoms with Crippen LogP contribution in [0.4, 0.5) is 17.5 Å². The number of piperazine rings is 1. The number of aliphatic hydroxyl groups is 1. The fraction of sp³-hybridized carbons (Fsp3) is 0.553. The Labute approximate surface area is 308 Å². The van der Waals surface area contributed by atoms with Crippen molar-refractivity contribution in [3.8, 4) is 17.0 Å². The lowest BCUT2D eigenvalue weighted by molar-refractivity contribution is -0.151. The lowest BCUT2D eigenvalue weighted by Gasteiger charge is -2.42. The van der Waals surface area contributed by atoms with Gasteiger partial charge >= 0.3 is 5.97 Å². The molecule has 1 aliphatic carbocycles. The molecule has 15 heteroatoms. The zero-order valence-electron chi connectivity index (χ0n) is 30.4. The van der Waals surface area contributed by atoms with Crippen LogP contribution >= 0.6 is 0 Å². The van der Waals surface area contributed by atoms with Gasteiger partial charge in [-0.1, -0.05) is 32.9 Å². The van der Waals surface area contributed by atoms with Gasteiger partial charge in [0.15, 0.2) is 5.82 Å². The molecule has 282 valence electrons. The molecule has 15 nitrogen and oxygen atoms in total. The van der Waals surface area contributed by atoms with Gasteiger partial charge in [-0.25, -0.2) is 14.8 Å². The molecule has 2 amide bonds. The smallest absolute Gasteiger partial charge is 0.326 e. The number of aliphatic carboxylic acids is 1. The summed E-state index contributed by atoms with van der Waals surface area (Å²) in [5.41, 5.74) is 8.67. The first-order valence-electron chi connectivity index (χ1n) is 18.6. The van der Waals surface area contributed by atoms with Crippen molar-refractivity contribution in [1.82, 2.24) is 30.4 Å². The van der Waals surface area contributed by atoms with Gasteiger partial charge in [-0.05, 0) is 73.6 Å². The minimum absolute atomic E-state index is 0.0260. The summed E-state index contributed by atoms with van der Waals surface area (Å²) >= 11 is 0. The Morgan fingerprint density at radius 3 is 2.23 bits per heavy atom. The number of fused-ring (bicyclic) bond motifs is 2. The summed E-state index contributed by atoms with van der Waals surface area (Å²) in [4.78, 5) is 54.3. The van der Waals surface area contributed by atoms with Crippen molar-refractivity contribution < 1.29 is 29.7 Å². The van der Waals surface area contributed by atoms with Crippen LogP contribution in [0, 0.1) is 11.3 Å². The molecular weight excluding hydrogens is 678 g/mol. The van der Waals surface area contributed by atoms with Crippen LogP contribution in [-0.2, 0) is 14.4 Å². The average molecular weight is 728 g/mol. The number of nitrogens with zero attached hydrogens (tertiary/aromatic N) is 7. The number of aromatic nitrogens is 4. The maximum Gasteiger partial charge on any atom is 0.326 e. The molecule has 4 fully saturated rings. The van der Waals surface area contributed by atoms with E-state index < -0.39 is 35.5 Å². The SMILES string of the molecule is CC(C)(C)[C@H](NC(=O)C1CCC(c2cnc(N3C4CCC3CN(c3cc(-c5ccccc5O)nnc3N)C4)nc2)CC1)C(=O)N1CC(O)CC1C(=O)O. The second-order valence-electron chi connectivity index (χ2n) is 16.1. The van der Waals surface area contributed by atoms with Gasteiger partial charge in [0, 0.05) is 62.0 Å². The number of hydrogen-bond acceptors (Lipinski definition) is 12. The third-order valence-electron chi connectivity index (χ3n) is 11.5. The number of para-hydroxylation sites is 1. The number of likely N-dealkylation sites (tertiary alicyclic amines) is 1. The number of carboxylic acids is 1. The number of aromatic hydroxyl groups is 1. The van der Waals surface area contributed by atoms with Crippen molar-refractivity contribution in [3.63, 3.8) is 0 Å². The van der Waals surface area contributed by atoms with Crippen LogP contribution in [0.1, 0.15) is 77.2 Å². The molecule has 1 aromatic carbocycles. The summed E-state index contributed by atoms with van der Waals surface area (Å²) in [6.07, 6.45) is 7.76. The van der Waals surface area contributed by atoms with Gasteiger partial charge in [-0.3, -0.25) is 9.59 Å². The minimum Gasteiger partial charge on any atom is -0.507 e. The van der Waals surface area contributed by atoms with Crippen molar-refractivity contribution in [1.29, 1.82) is 0 Å². The Hall–Kier alpha value is -5.05. The van der Waals surface area contributed by atoms with Gasteiger partial charge in [-0.2, -0.15) is 0 Å². The molecule has 0 radical (unpaired) electrons. The molecule has 3 saturated heterocycles. The second-order valence-corrected chi connectivity index (χ2v) is 16.1. The molecule has 3 aliphatic heterocycles. The maximum atomic E-state index is 13.6. The second kappa shape index (κ2) is 14.4. The number of nitrogen functional groups attached to an aromatic ring is 1. The highest BCUT2D eigenvalue weighted by Crippen LogP contribution is 2.40. The molecule has 5 atom stereocenters. The largest absolute Gasteiger partial charge is 0.507 e. The first kappa shape index (κ1) is 36.3. The van der Waals surface area contributed by atoms with Gasteiger partial charge in [-0.15, -0.1) is 10.2 Å². The predicted octanol–water partition coefficient (Wildman–Crippen LogP) is 2.93. The molecule has 4 aliphatic rings. The highest BCUT2D eigenvalue weighted by Gasteiger charge is 2.46. The number of phenolic OH excluding ortho intramolecular Hbond substituents is 1. The summed E-state index contributed by atoms with van der Waals surface area (Å²) in [5.74, 6) is -0.709. The zero-order chi connectivity index (χ0) is 37.6. The van der Waals surface area contributed by atoms with Crippen molar-refractivity contribution >= 4 is 35.2 Å². The van der Waals surface area contributed by atoms with Crippen LogP contribution < -0.4 is 20.9 Å². The number of anilines is 3. The molecule has 2 bridgehead atoms. The van der Waals surface area contributed by atoms with Crippen LogP contribution in [0.2, 0.25) is 0 Å². The highest BCUT2D eigenvalue weighted by molar-refractivity contribution is 5.92. The van der Waals surface area contributed by atoms with E-state index in [-0.39, 0.29) is 48.5 Å². The van der Waals surface area contributed by atoms with Crippen LogP contribution in [0.25, 0.3) is 11.3 Å². The number of nitrogens with two attached hydrogens (primary N) is 1. The topological polar surface area (TPSA) is 211 Å². The van der Waals surface area contributed by atoms with E-state index in [2.05, 4.69) is 25.3 Å². The first-order valence-corrected chi connectivity index (χ1v) is 18.6. The monoisotopic (exact) mass is 727 g/mol. The van der Waals surface area contributed by atoms with Crippen molar-refractivity contribution in [2.24, 2.45) is 11.3 Å². The van der Waals surface area contributed by atoms with Gasteiger partial charge in [0.2, 0.25) is 17.8 Å². The number of β-amino-alcohol motifs (C(OH)–C–C–N with tert-alkyl or cyclic N) is 1. The van der Waals surface area contributed by atoms with Gasteiger partial charge in [0.1, 0.15) is 17.8 Å². The van der Waals surface area contributed by atoms with E-state index in [0.29, 0.717) is 35.9 Å². The standard InChI is InChI=1S/C38H49N9O6/c1-38(2,3)32(35(51)46-20-26(48)14-30(46)36(52)53)42-34(50)22-10-8-21(9-11-22)23-16-40-37(41-17-23)47-24-12-13-25(47)19-45(18-24)29-15-28(43-44-33(29)39)27-6-4-5-7-31(27)49/h4-7,15-17,21-22,24-26,30,32,48-49H,8-14,18-20H2,1-3H3,(H2,39,44)(H,42,50)(H,52,53)/t21?,22?,24?,25?,26?,30?,32-/m1/s1. The van der Waals surface area contributed by atoms with Gasteiger partial charge in [0.05, 0.1) is 17.5 Å². The maximum absolute atomic E-state index is 13.6. The predicted molar refractivity (Wildman–Crippen MR) is 197 cm³/mol. The molecule has 53 heavy (non-hydrogen) atoms. The number of hydrogen-bond donors (Lipinski definition) is 5. The third kappa shape index (κ3) is 7.31. The van der Waals surface area contributed by atoms with Gasteiger partial charge < -0.3 is 41.1 Å². The normalized spacial score (nSPS) is 26.4. The number of carbonyl (C=O) groups excluding carboxylic acids is 2. The number of phenols is 1. The Bertz CT molecular complexity index is 1830. The van der Waals surface area contributed by atoms with E-state index >= 15 is 0 Å². The number of nitrogens with one attached hydrogen (secondary N) is 1. The molecule has 4 unspecified atom stereocenters. The van der Waals surface area contributed by atoms with Crippen LogP contribution in [0.3, 0.4) is 0 Å².